The molecule has 0 aromatic rings. The predicted molar refractivity (Wildman–Crippen MR) is 74.6 cm³/mol. The van der Waals surface area contributed by atoms with Gasteiger partial charge in [-0.1, -0.05) is 5.16 Å². The van der Waals surface area contributed by atoms with Gasteiger partial charge in [-0.05, 0) is 19.9 Å². The van der Waals surface area contributed by atoms with Gasteiger partial charge in [0.2, 0.25) is 10.0 Å². The van der Waals surface area contributed by atoms with Gasteiger partial charge in [-0.2, -0.15) is 0 Å². The molecule has 4 N–H and O–H groups in total. The van der Waals surface area contributed by atoms with Crippen molar-refractivity contribution in [2.75, 3.05) is 31.5 Å². The summed E-state index contributed by atoms with van der Waals surface area (Å²) in [5, 5.41) is 10.7. The van der Waals surface area contributed by atoms with Crippen molar-refractivity contribution >= 4 is 25.7 Å². The first kappa shape index (κ1) is 17.1. The second kappa shape index (κ2) is 5.84. The lowest BCUT2D eigenvalue weighted by Crippen LogP contribution is -2.62. The first-order chi connectivity index (χ1) is 9.00. The average Bonchev–Trinajstić information content (AvgIpc) is 2.27. The van der Waals surface area contributed by atoms with Gasteiger partial charge in [-0.15, -0.1) is 0 Å². The number of hydrogen-bond donors (Lipinski definition) is 3. The summed E-state index contributed by atoms with van der Waals surface area (Å²) in [6.45, 7) is 1.08. The van der Waals surface area contributed by atoms with Crippen molar-refractivity contribution in [1.29, 1.82) is 0 Å². The Kier molecular flexibility index (Phi) is 5.00. The number of nitrogens with one attached hydrogen (secondary N) is 1. The molecule has 1 saturated heterocycles. The van der Waals surface area contributed by atoms with Crippen LogP contribution in [0.1, 0.15) is 12.8 Å². The second-order valence-corrected chi connectivity index (χ2v) is 9.36. The van der Waals surface area contributed by atoms with Gasteiger partial charge in [0.15, 0.2) is 20.8 Å². The van der Waals surface area contributed by atoms with Crippen molar-refractivity contribution in [2.24, 2.45) is 10.9 Å². The minimum atomic E-state index is -4.10. The molecule has 0 amide bonds. The average molecular weight is 328 g/mol. The Hall–Kier alpha value is -0.910. The molecule has 0 bridgehead atoms. The van der Waals surface area contributed by atoms with Gasteiger partial charge in [0.25, 0.3) is 0 Å². The molecular formula is C9H20N4O5S2. The molecule has 1 aliphatic heterocycles. The van der Waals surface area contributed by atoms with Crippen LogP contribution in [-0.4, -0.2) is 69.8 Å². The summed E-state index contributed by atoms with van der Waals surface area (Å²) in [4.78, 5) is 1.97. The second-order valence-electron chi connectivity index (χ2n) is 5.13. The largest absolute Gasteiger partial charge is 0.409 e. The third-order valence-corrected chi connectivity index (χ3v) is 6.81. The summed E-state index contributed by atoms with van der Waals surface area (Å²) in [5.41, 5.74) is 4.36. The van der Waals surface area contributed by atoms with Crippen molar-refractivity contribution in [3.63, 3.8) is 0 Å². The van der Waals surface area contributed by atoms with Crippen LogP contribution in [0.2, 0.25) is 0 Å². The molecule has 0 aromatic carbocycles. The minimum Gasteiger partial charge on any atom is -0.409 e. The van der Waals surface area contributed by atoms with E-state index in [0.717, 1.165) is 6.26 Å². The van der Waals surface area contributed by atoms with E-state index in [4.69, 9.17) is 10.9 Å². The van der Waals surface area contributed by atoms with Gasteiger partial charge in [0, 0.05) is 19.3 Å². The lowest BCUT2D eigenvalue weighted by Gasteiger charge is -2.39. The Morgan fingerprint density at radius 3 is 2.25 bits per heavy atom. The summed E-state index contributed by atoms with van der Waals surface area (Å²) >= 11 is 0. The lowest BCUT2D eigenvalue weighted by molar-refractivity contribution is 0.213. The van der Waals surface area contributed by atoms with E-state index < -0.39 is 30.5 Å². The normalized spacial score (nSPS) is 21.8. The molecule has 1 fully saturated rings. The number of rotatable bonds is 5. The van der Waals surface area contributed by atoms with Crippen LogP contribution >= 0.6 is 0 Å². The Bertz CT molecular complexity index is 575. The van der Waals surface area contributed by atoms with Crippen LogP contribution < -0.4 is 10.5 Å². The minimum absolute atomic E-state index is 0.261. The SMILES string of the molecule is CN1CCC(NS(=O)(=O)CS(C)(=O)=O)(C(N)=NO)CC1. The topological polar surface area (TPSA) is 142 Å². The van der Waals surface area contributed by atoms with E-state index in [0.29, 0.717) is 25.9 Å². The molecule has 118 valence electrons. The standard InChI is InChI=1S/C9H20N4O5S2/c1-13-5-3-9(4-6-13,8(10)11-14)12-20(17,18)7-19(2,15)16/h12,14H,3-7H2,1-2H3,(H2,10,11). The Labute approximate surface area is 118 Å². The van der Waals surface area contributed by atoms with Crippen LogP contribution in [-0.2, 0) is 19.9 Å². The molecule has 9 nitrogen and oxygen atoms in total. The van der Waals surface area contributed by atoms with Crippen LogP contribution in [0.4, 0.5) is 0 Å². The van der Waals surface area contributed by atoms with E-state index in [9.17, 15) is 16.8 Å². The Morgan fingerprint density at radius 1 is 1.35 bits per heavy atom. The predicted octanol–water partition coefficient (Wildman–Crippen LogP) is -1.88. The van der Waals surface area contributed by atoms with Gasteiger partial charge in [0.1, 0.15) is 0 Å². The molecule has 0 aromatic heterocycles. The van der Waals surface area contributed by atoms with E-state index >= 15 is 0 Å². The highest BCUT2D eigenvalue weighted by molar-refractivity contribution is 8.06. The summed E-state index contributed by atoms with van der Waals surface area (Å²) < 4.78 is 48.4. The molecule has 0 unspecified atom stereocenters. The summed E-state index contributed by atoms with van der Waals surface area (Å²) in [5.74, 6) is -0.261. The number of nitrogens with zero attached hydrogens (tertiary/aromatic N) is 2. The van der Waals surface area contributed by atoms with Gasteiger partial charge in [-0.25, -0.2) is 21.6 Å². The van der Waals surface area contributed by atoms with E-state index in [2.05, 4.69) is 9.88 Å². The fourth-order valence-corrected chi connectivity index (χ4v) is 5.51. The van der Waals surface area contributed by atoms with Crippen LogP contribution in [0.5, 0.6) is 0 Å². The van der Waals surface area contributed by atoms with Crippen LogP contribution in [0, 0.1) is 0 Å². The third-order valence-electron chi connectivity index (χ3n) is 3.16. The van der Waals surface area contributed by atoms with Crippen molar-refractivity contribution in [3.8, 4) is 0 Å². The van der Waals surface area contributed by atoms with Crippen molar-refractivity contribution in [2.45, 2.75) is 18.4 Å². The fourth-order valence-electron chi connectivity index (χ4n) is 2.12. The fraction of sp³-hybridized carbons (Fsp3) is 0.889. The van der Waals surface area contributed by atoms with Crippen molar-refractivity contribution in [1.82, 2.24) is 9.62 Å². The summed E-state index contributed by atoms with van der Waals surface area (Å²) in [7, 11) is -5.94. The molecule has 0 aliphatic carbocycles. The molecule has 1 aliphatic rings. The number of amidine groups is 1. The van der Waals surface area contributed by atoms with E-state index in [-0.39, 0.29) is 5.84 Å². The third kappa shape index (κ3) is 4.58. The molecule has 0 spiro atoms. The zero-order chi connectivity index (χ0) is 15.6. The molecular weight excluding hydrogens is 308 g/mol. The zero-order valence-corrected chi connectivity index (χ0v) is 13.0. The molecule has 1 rings (SSSR count). The highest BCUT2D eigenvalue weighted by atomic mass is 32.3. The maximum absolute atomic E-state index is 11.9. The first-order valence-corrected chi connectivity index (χ1v) is 9.57. The monoisotopic (exact) mass is 328 g/mol. The number of likely N-dealkylation sites (tertiary alicyclic amines) is 1. The smallest absolute Gasteiger partial charge is 0.226 e. The van der Waals surface area contributed by atoms with E-state index in [1.54, 1.807) is 0 Å². The molecule has 20 heavy (non-hydrogen) atoms. The molecule has 11 heteroatoms. The molecule has 0 radical (unpaired) electrons. The highest BCUT2D eigenvalue weighted by Gasteiger charge is 2.42. The van der Waals surface area contributed by atoms with Gasteiger partial charge in [-0.3, -0.25) is 0 Å². The number of sulfone groups is 1. The molecule has 0 saturated carbocycles. The van der Waals surface area contributed by atoms with Gasteiger partial charge >= 0.3 is 0 Å². The van der Waals surface area contributed by atoms with Crippen LogP contribution in [0.25, 0.3) is 0 Å². The van der Waals surface area contributed by atoms with Gasteiger partial charge in [0.05, 0.1) is 5.54 Å². The van der Waals surface area contributed by atoms with E-state index in [1.165, 1.54) is 0 Å². The highest BCUT2D eigenvalue weighted by Crippen LogP contribution is 2.23. The van der Waals surface area contributed by atoms with E-state index in [1.807, 2.05) is 11.9 Å². The Balaban J connectivity index is 3.03. The number of hydrogen-bond acceptors (Lipinski definition) is 7. The number of nitrogens with two attached hydrogens (primary N) is 1. The van der Waals surface area contributed by atoms with Crippen LogP contribution in [0.15, 0.2) is 5.16 Å². The molecule has 0 atom stereocenters. The Morgan fingerprint density at radius 2 is 1.85 bits per heavy atom. The summed E-state index contributed by atoms with van der Waals surface area (Å²) in [6, 6.07) is 0. The maximum Gasteiger partial charge on any atom is 0.226 e. The van der Waals surface area contributed by atoms with Crippen molar-refractivity contribution in [3.05, 3.63) is 0 Å². The maximum atomic E-state index is 11.9. The van der Waals surface area contributed by atoms with Crippen molar-refractivity contribution < 1.29 is 22.0 Å². The lowest BCUT2D eigenvalue weighted by atomic mass is 9.88. The number of oxime groups is 1. The quantitative estimate of drug-likeness (QED) is 0.232. The molecule has 1 heterocycles. The first-order valence-electron chi connectivity index (χ1n) is 5.86. The van der Waals surface area contributed by atoms with Gasteiger partial charge < -0.3 is 15.8 Å². The summed E-state index contributed by atoms with van der Waals surface area (Å²) in [6.07, 6.45) is 1.42. The van der Waals surface area contributed by atoms with Crippen LogP contribution in [0.3, 0.4) is 0 Å². The zero-order valence-electron chi connectivity index (χ0n) is 11.4. The number of piperidine rings is 1. The number of sulfonamides is 1.